The molecule has 136 valence electrons. The smallest absolute Gasteiger partial charge is 0.166 e. The maximum absolute atomic E-state index is 6.39. The number of furan rings is 1. The minimum absolute atomic E-state index is 0.335. The lowest BCUT2D eigenvalue weighted by Crippen LogP contribution is -2.07. The van der Waals surface area contributed by atoms with Crippen molar-refractivity contribution in [3.63, 3.8) is 0 Å². The van der Waals surface area contributed by atoms with Gasteiger partial charge in [0.1, 0.15) is 29.2 Å². The Kier molecular flexibility index (Phi) is 4.05. The summed E-state index contributed by atoms with van der Waals surface area (Å²) in [5.41, 5.74) is 1.39. The summed E-state index contributed by atoms with van der Waals surface area (Å²) in [6, 6.07) is 11.7. The van der Waals surface area contributed by atoms with Gasteiger partial charge < -0.3 is 9.15 Å². The minimum Gasteiger partial charge on any atom is -0.459 e. The number of benzene rings is 1. The zero-order chi connectivity index (χ0) is 18.2. The fourth-order valence-electron chi connectivity index (χ4n) is 3.64. The number of para-hydroxylation sites is 1. The van der Waals surface area contributed by atoms with Gasteiger partial charge in [0, 0.05) is 6.07 Å². The molecule has 0 aliphatic heterocycles. The molecule has 0 N–H and O–H groups in total. The summed E-state index contributed by atoms with van der Waals surface area (Å²) in [7, 11) is 0. The Hall–Kier alpha value is -2.86. The summed E-state index contributed by atoms with van der Waals surface area (Å²) in [5, 5.41) is 5.89. The molecular formula is C20H17ClN4O2. The lowest BCUT2D eigenvalue weighted by molar-refractivity contribution is 0.466. The highest BCUT2D eigenvalue weighted by Gasteiger charge is 2.26. The average molecular weight is 381 g/mol. The van der Waals surface area contributed by atoms with Gasteiger partial charge in [0.05, 0.1) is 11.4 Å². The minimum atomic E-state index is 0.335. The van der Waals surface area contributed by atoms with Gasteiger partial charge in [-0.2, -0.15) is 5.10 Å². The van der Waals surface area contributed by atoms with Crippen LogP contribution in [0.25, 0.3) is 22.5 Å². The lowest BCUT2D eigenvalue weighted by atomic mass is 10.2. The summed E-state index contributed by atoms with van der Waals surface area (Å²) in [6.07, 6.45) is 7.65. The number of ether oxygens (including phenoxy) is 1. The topological polar surface area (TPSA) is 66.0 Å². The van der Waals surface area contributed by atoms with Crippen molar-refractivity contribution in [1.29, 1.82) is 0 Å². The van der Waals surface area contributed by atoms with Crippen molar-refractivity contribution in [1.82, 2.24) is 19.7 Å². The standard InChI is InChI=1S/C20H17ClN4O2/c21-19-17-18(16-10-15(11-26-16)27-14-8-2-1-3-9-14)24-25(13-6-4-5-7-13)20(17)23-12-22-19/h1-3,8-13H,4-7H2. The van der Waals surface area contributed by atoms with Crippen molar-refractivity contribution in [2.45, 2.75) is 31.7 Å². The van der Waals surface area contributed by atoms with Gasteiger partial charge in [-0.1, -0.05) is 42.6 Å². The first-order valence-corrected chi connectivity index (χ1v) is 9.38. The predicted molar refractivity (Wildman–Crippen MR) is 102 cm³/mol. The molecule has 1 fully saturated rings. The van der Waals surface area contributed by atoms with Crippen molar-refractivity contribution in [3.8, 4) is 23.0 Å². The van der Waals surface area contributed by atoms with Crippen LogP contribution >= 0.6 is 11.6 Å². The quantitative estimate of drug-likeness (QED) is 0.428. The van der Waals surface area contributed by atoms with Crippen molar-refractivity contribution in [2.24, 2.45) is 0 Å². The third kappa shape index (κ3) is 2.96. The zero-order valence-electron chi connectivity index (χ0n) is 14.5. The second-order valence-corrected chi connectivity index (χ2v) is 7.01. The number of hydrogen-bond donors (Lipinski definition) is 0. The average Bonchev–Trinajstić information content (AvgIpc) is 3.42. The first-order valence-electron chi connectivity index (χ1n) is 9.00. The Labute approximate surface area is 160 Å². The van der Waals surface area contributed by atoms with E-state index in [1.807, 2.05) is 41.1 Å². The molecule has 3 heterocycles. The van der Waals surface area contributed by atoms with Crippen LogP contribution in [-0.4, -0.2) is 19.7 Å². The molecular weight excluding hydrogens is 364 g/mol. The third-order valence-electron chi connectivity index (χ3n) is 4.90. The molecule has 1 aliphatic carbocycles. The number of nitrogens with zero attached hydrogens (tertiary/aromatic N) is 4. The fourth-order valence-corrected chi connectivity index (χ4v) is 3.85. The lowest BCUT2D eigenvalue weighted by Gasteiger charge is -2.09. The second-order valence-electron chi connectivity index (χ2n) is 6.66. The molecule has 6 nitrogen and oxygen atoms in total. The molecule has 0 bridgehead atoms. The van der Waals surface area contributed by atoms with Crippen LogP contribution in [-0.2, 0) is 0 Å². The SMILES string of the molecule is Clc1ncnc2c1c(-c1cc(Oc3ccccc3)co1)nn2C1CCCC1. The Morgan fingerprint density at radius 2 is 1.89 bits per heavy atom. The van der Waals surface area contributed by atoms with Crippen LogP contribution in [0.3, 0.4) is 0 Å². The molecule has 1 aromatic carbocycles. The predicted octanol–water partition coefficient (Wildman–Crippen LogP) is 5.65. The largest absolute Gasteiger partial charge is 0.459 e. The van der Waals surface area contributed by atoms with E-state index in [2.05, 4.69) is 9.97 Å². The van der Waals surface area contributed by atoms with Crippen molar-refractivity contribution in [2.75, 3.05) is 0 Å². The van der Waals surface area contributed by atoms with E-state index < -0.39 is 0 Å². The molecule has 0 amide bonds. The van der Waals surface area contributed by atoms with Crippen molar-refractivity contribution < 1.29 is 9.15 Å². The van der Waals surface area contributed by atoms with Crippen LogP contribution in [0.2, 0.25) is 5.15 Å². The van der Waals surface area contributed by atoms with E-state index in [0.29, 0.717) is 33.8 Å². The first-order chi connectivity index (χ1) is 13.3. The fraction of sp³-hybridized carbons (Fsp3) is 0.250. The molecule has 4 aromatic rings. The van der Waals surface area contributed by atoms with Crippen LogP contribution in [0.1, 0.15) is 31.7 Å². The maximum atomic E-state index is 6.39. The molecule has 0 radical (unpaired) electrons. The second kappa shape index (κ2) is 6.70. The third-order valence-corrected chi connectivity index (χ3v) is 5.19. The van der Waals surface area contributed by atoms with E-state index in [-0.39, 0.29) is 0 Å². The van der Waals surface area contributed by atoms with E-state index >= 15 is 0 Å². The highest BCUT2D eigenvalue weighted by molar-refractivity contribution is 6.34. The Balaban J connectivity index is 1.57. The molecule has 7 heteroatoms. The summed E-state index contributed by atoms with van der Waals surface area (Å²) < 4.78 is 13.6. The van der Waals surface area contributed by atoms with E-state index in [1.54, 1.807) is 6.26 Å². The van der Waals surface area contributed by atoms with Gasteiger partial charge in [0.25, 0.3) is 0 Å². The van der Waals surface area contributed by atoms with Gasteiger partial charge in [0.15, 0.2) is 17.2 Å². The maximum Gasteiger partial charge on any atom is 0.166 e. The molecule has 0 saturated heterocycles. The van der Waals surface area contributed by atoms with Crippen LogP contribution in [0.15, 0.2) is 53.4 Å². The van der Waals surface area contributed by atoms with Gasteiger partial charge in [-0.3, -0.25) is 0 Å². The van der Waals surface area contributed by atoms with E-state index in [9.17, 15) is 0 Å². The zero-order valence-corrected chi connectivity index (χ0v) is 15.3. The molecule has 27 heavy (non-hydrogen) atoms. The Bertz CT molecular complexity index is 1080. The highest BCUT2D eigenvalue weighted by atomic mass is 35.5. The number of halogens is 1. The van der Waals surface area contributed by atoms with Gasteiger partial charge in [-0.05, 0) is 25.0 Å². The molecule has 0 atom stereocenters. The van der Waals surface area contributed by atoms with Crippen molar-refractivity contribution >= 4 is 22.6 Å². The summed E-state index contributed by atoms with van der Waals surface area (Å²) in [6.45, 7) is 0. The van der Waals surface area contributed by atoms with Crippen molar-refractivity contribution in [3.05, 3.63) is 54.1 Å². The highest BCUT2D eigenvalue weighted by Crippen LogP contribution is 2.38. The first kappa shape index (κ1) is 16.3. The van der Waals surface area contributed by atoms with Crippen LogP contribution < -0.4 is 4.74 Å². The molecule has 0 unspecified atom stereocenters. The van der Waals surface area contributed by atoms with Gasteiger partial charge in [-0.15, -0.1) is 0 Å². The molecule has 3 aromatic heterocycles. The van der Waals surface area contributed by atoms with E-state index in [1.165, 1.54) is 19.2 Å². The van der Waals surface area contributed by atoms with Crippen LogP contribution in [0.5, 0.6) is 11.5 Å². The van der Waals surface area contributed by atoms with E-state index in [0.717, 1.165) is 24.2 Å². The van der Waals surface area contributed by atoms with E-state index in [4.69, 9.17) is 25.9 Å². The summed E-state index contributed by atoms with van der Waals surface area (Å²) >= 11 is 6.39. The van der Waals surface area contributed by atoms with Crippen LogP contribution in [0.4, 0.5) is 0 Å². The molecule has 1 saturated carbocycles. The van der Waals surface area contributed by atoms with Gasteiger partial charge >= 0.3 is 0 Å². The summed E-state index contributed by atoms with van der Waals surface area (Å²) in [4.78, 5) is 8.58. The normalized spacial score (nSPS) is 14.9. The number of fused-ring (bicyclic) bond motifs is 1. The molecule has 1 aliphatic rings. The number of rotatable bonds is 4. The van der Waals surface area contributed by atoms with Gasteiger partial charge in [-0.25, -0.2) is 14.6 Å². The summed E-state index contributed by atoms with van der Waals surface area (Å²) in [5.74, 6) is 1.93. The Morgan fingerprint density at radius 1 is 1.07 bits per heavy atom. The number of hydrogen-bond acceptors (Lipinski definition) is 5. The van der Waals surface area contributed by atoms with Gasteiger partial charge in [0.2, 0.25) is 0 Å². The number of aromatic nitrogens is 4. The molecule has 5 rings (SSSR count). The monoisotopic (exact) mass is 380 g/mol. The van der Waals surface area contributed by atoms with Crippen LogP contribution in [0, 0.1) is 0 Å². The Morgan fingerprint density at radius 3 is 2.70 bits per heavy atom. The molecule has 0 spiro atoms.